The highest BCUT2D eigenvalue weighted by Gasteiger charge is 2.28. The van der Waals surface area contributed by atoms with E-state index in [1.807, 2.05) is 18.7 Å². The van der Waals surface area contributed by atoms with Crippen LogP contribution in [0.5, 0.6) is 0 Å². The fourth-order valence-corrected chi connectivity index (χ4v) is 1.81. The largest absolute Gasteiger partial charge is 0.336 e. The molecule has 0 aliphatic heterocycles. The first-order valence-corrected chi connectivity index (χ1v) is 6.00. The van der Waals surface area contributed by atoms with Crippen molar-refractivity contribution in [3.8, 4) is 0 Å². The Morgan fingerprint density at radius 3 is 2.82 bits per heavy atom. The van der Waals surface area contributed by atoms with Crippen molar-refractivity contribution in [2.45, 2.75) is 32.7 Å². The molecule has 1 fully saturated rings. The van der Waals surface area contributed by atoms with Crippen molar-refractivity contribution in [2.24, 2.45) is 5.92 Å². The fraction of sp³-hybridized carbons (Fsp3) is 0.538. The monoisotopic (exact) mass is 236 g/mol. The minimum absolute atomic E-state index is 0.104. The molecule has 1 amide bonds. The molecule has 0 spiro atoms. The molecule has 17 heavy (non-hydrogen) atoms. The molecule has 4 heteroatoms. The number of carbonyl (C=O) groups is 1. The van der Waals surface area contributed by atoms with E-state index in [9.17, 15) is 9.18 Å². The van der Waals surface area contributed by atoms with Gasteiger partial charge in [0.1, 0.15) is 0 Å². The normalized spacial score (nSPS) is 15.1. The molecule has 0 saturated heterocycles. The zero-order valence-corrected chi connectivity index (χ0v) is 10.2. The number of rotatable bonds is 4. The first-order chi connectivity index (χ1) is 8.08. The van der Waals surface area contributed by atoms with E-state index in [4.69, 9.17) is 0 Å². The van der Waals surface area contributed by atoms with Crippen LogP contribution in [0.4, 0.5) is 4.39 Å². The minimum Gasteiger partial charge on any atom is -0.336 e. The van der Waals surface area contributed by atoms with Crippen molar-refractivity contribution in [3.63, 3.8) is 0 Å². The molecule has 0 atom stereocenters. The molecule has 1 aromatic heterocycles. The number of nitrogens with zero attached hydrogens (tertiary/aromatic N) is 2. The quantitative estimate of drug-likeness (QED) is 0.752. The maximum Gasteiger partial charge on any atom is 0.254 e. The van der Waals surface area contributed by atoms with Crippen LogP contribution in [0.1, 0.15) is 37.0 Å². The summed E-state index contributed by atoms with van der Waals surface area (Å²) in [6.07, 6.45) is 3.72. The molecule has 0 radical (unpaired) electrons. The smallest absolute Gasteiger partial charge is 0.254 e. The Kier molecular flexibility index (Phi) is 3.41. The van der Waals surface area contributed by atoms with Crippen LogP contribution in [0.15, 0.2) is 18.3 Å². The number of halogens is 1. The molecule has 92 valence electrons. The van der Waals surface area contributed by atoms with E-state index in [0.29, 0.717) is 11.5 Å². The highest BCUT2D eigenvalue weighted by Crippen LogP contribution is 2.30. The van der Waals surface area contributed by atoms with E-state index < -0.39 is 5.95 Å². The summed E-state index contributed by atoms with van der Waals surface area (Å²) < 4.78 is 13.0. The SMILES string of the molecule is CC(C)N(CC1CC1)C(=O)c1ccnc(F)c1. The van der Waals surface area contributed by atoms with Crippen molar-refractivity contribution in [2.75, 3.05) is 6.54 Å². The number of hydrogen-bond donors (Lipinski definition) is 0. The molecule has 1 aromatic rings. The third-order valence-corrected chi connectivity index (χ3v) is 3.01. The molecule has 1 aliphatic carbocycles. The van der Waals surface area contributed by atoms with Gasteiger partial charge in [-0.25, -0.2) is 4.98 Å². The van der Waals surface area contributed by atoms with Gasteiger partial charge in [0.05, 0.1) is 0 Å². The van der Waals surface area contributed by atoms with Crippen molar-refractivity contribution >= 4 is 5.91 Å². The summed E-state index contributed by atoms with van der Waals surface area (Å²) in [6.45, 7) is 4.75. The number of pyridine rings is 1. The van der Waals surface area contributed by atoms with Crippen LogP contribution in [-0.4, -0.2) is 28.4 Å². The first-order valence-electron chi connectivity index (χ1n) is 6.00. The topological polar surface area (TPSA) is 33.2 Å². The van der Waals surface area contributed by atoms with Crippen molar-refractivity contribution in [3.05, 3.63) is 29.8 Å². The van der Waals surface area contributed by atoms with E-state index in [-0.39, 0.29) is 11.9 Å². The molecular formula is C13H17FN2O. The van der Waals surface area contributed by atoms with Crippen molar-refractivity contribution < 1.29 is 9.18 Å². The van der Waals surface area contributed by atoms with Crippen molar-refractivity contribution in [1.29, 1.82) is 0 Å². The zero-order chi connectivity index (χ0) is 12.4. The van der Waals surface area contributed by atoms with Gasteiger partial charge in [-0.2, -0.15) is 4.39 Å². The van der Waals surface area contributed by atoms with E-state index in [1.54, 1.807) is 6.07 Å². The lowest BCUT2D eigenvalue weighted by Gasteiger charge is -2.26. The Labute approximate surface area is 101 Å². The highest BCUT2D eigenvalue weighted by atomic mass is 19.1. The van der Waals surface area contributed by atoms with Crippen LogP contribution in [0.3, 0.4) is 0 Å². The predicted molar refractivity (Wildman–Crippen MR) is 63.1 cm³/mol. The second-order valence-electron chi connectivity index (χ2n) is 4.86. The van der Waals surface area contributed by atoms with Gasteiger partial charge in [0.15, 0.2) is 0 Å². The molecule has 3 nitrogen and oxygen atoms in total. The predicted octanol–water partition coefficient (Wildman–Crippen LogP) is 2.48. The molecule has 0 unspecified atom stereocenters. The standard InChI is InChI=1S/C13H17FN2O/c1-9(2)16(8-10-3-4-10)13(17)11-5-6-15-12(14)7-11/h5-7,9-10H,3-4,8H2,1-2H3. The molecule has 1 aliphatic rings. The number of hydrogen-bond acceptors (Lipinski definition) is 2. The summed E-state index contributed by atoms with van der Waals surface area (Å²) >= 11 is 0. The van der Waals surface area contributed by atoms with Crippen LogP contribution in [0.2, 0.25) is 0 Å². The van der Waals surface area contributed by atoms with Gasteiger partial charge in [0.25, 0.3) is 5.91 Å². The number of carbonyl (C=O) groups excluding carboxylic acids is 1. The summed E-state index contributed by atoms with van der Waals surface area (Å²) in [5, 5.41) is 0. The minimum atomic E-state index is -0.606. The summed E-state index contributed by atoms with van der Waals surface area (Å²) in [5.41, 5.74) is 0.381. The first kappa shape index (κ1) is 12.0. The van der Waals surface area contributed by atoms with Crippen molar-refractivity contribution in [1.82, 2.24) is 9.88 Å². The van der Waals surface area contributed by atoms with Gasteiger partial charge in [0, 0.05) is 30.4 Å². The molecule has 0 N–H and O–H groups in total. The van der Waals surface area contributed by atoms with E-state index in [2.05, 4.69) is 4.98 Å². The Balaban J connectivity index is 2.14. The summed E-state index contributed by atoms with van der Waals surface area (Å²) in [6, 6.07) is 2.90. The second kappa shape index (κ2) is 4.82. The van der Waals surface area contributed by atoms with Crippen LogP contribution in [-0.2, 0) is 0 Å². The Bertz CT molecular complexity index is 416. The van der Waals surface area contributed by atoms with Crippen LogP contribution in [0.25, 0.3) is 0 Å². The average molecular weight is 236 g/mol. The maximum atomic E-state index is 13.0. The van der Waals surface area contributed by atoms with E-state index in [1.165, 1.54) is 25.1 Å². The average Bonchev–Trinajstić information content (AvgIpc) is 3.08. The summed E-state index contributed by atoms with van der Waals surface area (Å²) in [4.78, 5) is 17.5. The molecule has 0 aromatic carbocycles. The fourth-order valence-electron chi connectivity index (χ4n) is 1.81. The molecular weight excluding hydrogens is 219 g/mol. The third kappa shape index (κ3) is 3.02. The number of amides is 1. The highest BCUT2D eigenvalue weighted by molar-refractivity contribution is 5.94. The van der Waals surface area contributed by atoms with Gasteiger partial charge in [-0.3, -0.25) is 4.79 Å². The van der Waals surface area contributed by atoms with Crippen LogP contribution < -0.4 is 0 Å². The lowest BCUT2D eigenvalue weighted by molar-refractivity contribution is 0.0695. The van der Waals surface area contributed by atoms with Gasteiger partial charge in [-0.15, -0.1) is 0 Å². The maximum absolute atomic E-state index is 13.0. The number of aromatic nitrogens is 1. The Morgan fingerprint density at radius 1 is 1.59 bits per heavy atom. The van der Waals surface area contributed by atoms with Gasteiger partial charge >= 0.3 is 0 Å². The van der Waals surface area contributed by atoms with Gasteiger partial charge in [0.2, 0.25) is 5.95 Å². The zero-order valence-electron chi connectivity index (χ0n) is 10.2. The van der Waals surface area contributed by atoms with Gasteiger partial charge in [-0.1, -0.05) is 0 Å². The lowest BCUT2D eigenvalue weighted by Crippen LogP contribution is -2.38. The second-order valence-corrected chi connectivity index (χ2v) is 4.86. The van der Waals surface area contributed by atoms with Crippen LogP contribution in [0, 0.1) is 11.9 Å². The molecule has 0 bridgehead atoms. The summed E-state index contributed by atoms with van der Waals surface area (Å²) in [7, 11) is 0. The molecule has 1 saturated carbocycles. The van der Waals surface area contributed by atoms with E-state index >= 15 is 0 Å². The van der Waals surface area contributed by atoms with Crippen LogP contribution >= 0.6 is 0 Å². The third-order valence-electron chi connectivity index (χ3n) is 3.01. The van der Waals surface area contributed by atoms with Gasteiger partial charge < -0.3 is 4.90 Å². The van der Waals surface area contributed by atoms with E-state index in [0.717, 1.165) is 6.54 Å². The molecule has 1 heterocycles. The lowest BCUT2D eigenvalue weighted by atomic mass is 10.2. The molecule has 2 rings (SSSR count). The summed E-state index contributed by atoms with van der Waals surface area (Å²) in [5.74, 6) is -0.0767. The Hall–Kier alpha value is -1.45. The van der Waals surface area contributed by atoms with Gasteiger partial charge in [-0.05, 0) is 38.7 Å². The Morgan fingerprint density at radius 2 is 2.29 bits per heavy atom.